The molecular weight excluding hydrogens is 531 g/mol. The number of carbonyl (C=O) groups is 2. The quantitative estimate of drug-likeness (QED) is 0.306. The van der Waals surface area contributed by atoms with Gasteiger partial charge < -0.3 is 21.1 Å². The lowest BCUT2D eigenvalue weighted by Gasteiger charge is -2.49. The fourth-order valence-corrected chi connectivity index (χ4v) is 6.79. The van der Waals surface area contributed by atoms with Gasteiger partial charge in [-0.3, -0.25) is 9.59 Å². The third-order valence-electron chi connectivity index (χ3n) is 9.03. The van der Waals surface area contributed by atoms with Gasteiger partial charge in [0.2, 0.25) is 11.8 Å². The second-order valence-electron chi connectivity index (χ2n) is 12.5. The van der Waals surface area contributed by atoms with Crippen molar-refractivity contribution in [2.24, 2.45) is 11.7 Å². The predicted octanol–water partition coefficient (Wildman–Crippen LogP) is 6.01. The Labute approximate surface area is 247 Å². The Morgan fingerprint density at radius 1 is 1.05 bits per heavy atom. The van der Waals surface area contributed by atoms with Crippen molar-refractivity contribution in [1.29, 1.82) is 0 Å². The molecule has 0 aliphatic heterocycles. The van der Waals surface area contributed by atoms with Gasteiger partial charge in [-0.15, -0.1) is 0 Å². The number of rotatable bonds is 8. The van der Waals surface area contributed by atoms with Gasteiger partial charge in [0.25, 0.3) is 0 Å². The Balaban J connectivity index is 1.31. The summed E-state index contributed by atoms with van der Waals surface area (Å²) in [4.78, 5) is 31.4. The Hall–Kier alpha value is -3.62. The van der Waals surface area contributed by atoms with Crippen molar-refractivity contribution < 1.29 is 19.1 Å². The van der Waals surface area contributed by atoms with Crippen molar-refractivity contribution in [3.63, 3.8) is 0 Å². The first-order valence-electron chi connectivity index (χ1n) is 14.9. The molecular formula is C34H41FN4O3. The van der Waals surface area contributed by atoms with E-state index in [0.29, 0.717) is 42.6 Å². The molecule has 0 atom stereocenters. The van der Waals surface area contributed by atoms with Gasteiger partial charge in [-0.2, -0.15) is 0 Å². The molecule has 2 aliphatic rings. The number of aromatic nitrogens is 1. The number of nitrogens with two attached hydrogens (primary N) is 1. The molecule has 0 unspecified atom stereocenters. The van der Waals surface area contributed by atoms with Gasteiger partial charge in [0.15, 0.2) is 0 Å². The highest BCUT2D eigenvalue weighted by Crippen LogP contribution is 2.46. The molecule has 2 amide bonds. The van der Waals surface area contributed by atoms with E-state index in [2.05, 4.69) is 10.3 Å². The summed E-state index contributed by atoms with van der Waals surface area (Å²) in [5.74, 6) is 0.298. The SMILES string of the molecule is CCC(=O)N(C)[C@H]1CC[C@H](CC(=O)Nc2cc(-c3ccccc3F)c(-c3ccc([C@]4(N)C[C@](C)(O)C4)cc3)cn2)CC1. The zero-order valence-electron chi connectivity index (χ0n) is 24.7. The average molecular weight is 573 g/mol. The molecule has 2 aliphatic carbocycles. The zero-order chi connectivity index (χ0) is 30.1. The van der Waals surface area contributed by atoms with Crippen LogP contribution in [-0.2, 0) is 15.1 Å². The van der Waals surface area contributed by atoms with Crippen molar-refractivity contribution in [2.75, 3.05) is 12.4 Å². The molecule has 7 nitrogen and oxygen atoms in total. The highest BCUT2D eigenvalue weighted by Gasteiger charge is 2.49. The van der Waals surface area contributed by atoms with Crippen molar-refractivity contribution in [2.45, 2.75) is 82.4 Å². The number of hydrogen-bond donors (Lipinski definition) is 3. The standard InChI is InChI=1S/C34H41FN4O3/c1-4-32(41)39(3)25-15-9-22(10-16-25)17-31(40)38-30-18-27(26-7-5-6-8-29(26)35)28(19-37-30)23-11-13-24(14-12-23)34(36)20-33(2,42)21-34/h5-8,11-14,18-19,22,25,42H,4,9-10,15-17,20-21,36H2,1-3H3,(H,37,38,40)/t22-,25-,33-,34-. The van der Waals surface area contributed by atoms with E-state index < -0.39 is 11.1 Å². The third kappa shape index (κ3) is 6.40. The highest BCUT2D eigenvalue weighted by molar-refractivity contribution is 5.92. The summed E-state index contributed by atoms with van der Waals surface area (Å²) >= 11 is 0. The van der Waals surface area contributed by atoms with E-state index in [9.17, 15) is 14.7 Å². The molecule has 2 aromatic carbocycles. The molecule has 222 valence electrons. The van der Waals surface area contributed by atoms with Crippen molar-refractivity contribution >= 4 is 17.6 Å². The first-order chi connectivity index (χ1) is 20.0. The monoisotopic (exact) mass is 572 g/mol. The maximum absolute atomic E-state index is 15.0. The molecule has 0 bridgehead atoms. The molecule has 5 rings (SSSR count). The van der Waals surface area contributed by atoms with E-state index in [1.165, 1.54) is 6.07 Å². The number of hydrogen-bond acceptors (Lipinski definition) is 5. The van der Waals surface area contributed by atoms with Crippen LogP contribution in [0.4, 0.5) is 10.2 Å². The minimum Gasteiger partial charge on any atom is -0.390 e. The summed E-state index contributed by atoms with van der Waals surface area (Å²) in [6, 6.07) is 16.3. The topological polar surface area (TPSA) is 109 Å². The second-order valence-corrected chi connectivity index (χ2v) is 12.5. The van der Waals surface area contributed by atoms with Gasteiger partial charge >= 0.3 is 0 Å². The number of amides is 2. The number of benzene rings is 2. The smallest absolute Gasteiger partial charge is 0.225 e. The van der Waals surface area contributed by atoms with E-state index in [-0.39, 0.29) is 29.6 Å². The van der Waals surface area contributed by atoms with Crippen molar-refractivity contribution in [3.8, 4) is 22.3 Å². The second kappa shape index (κ2) is 11.9. The average Bonchev–Trinajstić information content (AvgIpc) is 2.96. The summed E-state index contributed by atoms with van der Waals surface area (Å²) in [7, 11) is 1.87. The third-order valence-corrected chi connectivity index (χ3v) is 9.03. The van der Waals surface area contributed by atoms with E-state index in [0.717, 1.165) is 42.4 Å². The summed E-state index contributed by atoms with van der Waals surface area (Å²) in [6.45, 7) is 3.67. The molecule has 8 heteroatoms. The number of nitrogens with zero attached hydrogens (tertiary/aromatic N) is 2. The van der Waals surface area contributed by atoms with Gasteiger partial charge in [-0.05, 0) is 80.2 Å². The Morgan fingerprint density at radius 3 is 2.33 bits per heavy atom. The molecule has 0 spiro atoms. The van der Waals surface area contributed by atoms with Crippen LogP contribution in [0, 0.1) is 11.7 Å². The van der Waals surface area contributed by atoms with E-state index in [1.807, 2.05) is 43.1 Å². The fourth-order valence-electron chi connectivity index (χ4n) is 6.79. The Morgan fingerprint density at radius 2 is 1.71 bits per heavy atom. The lowest BCUT2D eigenvalue weighted by Crippen LogP contribution is -2.58. The number of halogens is 1. The molecule has 3 aromatic rings. The minimum atomic E-state index is -0.749. The molecule has 0 radical (unpaired) electrons. The van der Waals surface area contributed by atoms with E-state index >= 15 is 4.39 Å². The molecule has 1 aromatic heterocycles. The van der Waals surface area contributed by atoms with Crippen molar-refractivity contribution in [1.82, 2.24) is 9.88 Å². The lowest BCUT2D eigenvalue weighted by atomic mass is 9.63. The van der Waals surface area contributed by atoms with Crippen LogP contribution in [-0.4, -0.2) is 45.5 Å². The molecule has 2 saturated carbocycles. The first kappa shape index (κ1) is 29.9. The zero-order valence-corrected chi connectivity index (χ0v) is 24.7. The summed E-state index contributed by atoms with van der Waals surface area (Å²) in [5, 5.41) is 13.1. The van der Waals surface area contributed by atoms with Crippen LogP contribution in [0.3, 0.4) is 0 Å². The molecule has 2 fully saturated rings. The van der Waals surface area contributed by atoms with Crippen LogP contribution in [0.25, 0.3) is 22.3 Å². The normalized spacial score (nSPS) is 25.4. The molecule has 4 N–H and O–H groups in total. The van der Waals surface area contributed by atoms with Gasteiger partial charge in [-0.1, -0.05) is 49.4 Å². The van der Waals surface area contributed by atoms with Gasteiger partial charge in [0, 0.05) is 48.8 Å². The number of pyridine rings is 1. The number of nitrogens with one attached hydrogen (secondary N) is 1. The van der Waals surface area contributed by atoms with Crippen molar-refractivity contribution in [3.05, 3.63) is 72.2 Å². The Kier molecular flexibility index (Phi) is 8.49. The molecule has 1 heterocycles. The number of carbonyl (C=O) groups excluding carboxylic acids is 2. The van der Waals surface area contributed by atoms with Gasteiger partial charge in [0.1, 0.15) is 11.6 Å². The largest absolute Gasteiger partial charge is 0.390 e. The summed E-state index contributed by atoms with van der Waals surface area (Å²) in [6.07, 6.45) is 7.12. The maximum Gasteiger partial charge on any atom is 0.225 e. The van der Waals surface area contributed by atoms with Crippen LogP contribution in [0.15, 0.2) is 60.8 Å². The number of aliphatic hydroxyl groups is 1. The first-order valence-corrected chi connectivity index (χ1v) is 14.9. The number of anilines is 1. The van der Waals surface area contributed by atoms with E-state index in [1.54, 1.807) is 37.4 Å². The van der Waals surface area contributed by atoms with Crippen LogP contribution in [0.2, 0.25) is 0 Å². The molecule has 42 heavy (non-hydrogen) atoms. The fraction of sp³-hybridized carbons (Fsp3) is 0.441. The highest BCUT2D eigenvalue weighted by atomic mass is 19.1. The van der Waals surface area contributed by atoms with E-state index in [4.69, 9.17) is 5.73 Å². The maximum atomic E-state index is 15.0. The van der Waals surface area contributed by atoms with Gasteiger partial charge in [-0.25, -0.2) is 9.37 Å². The predicted molar refractivity (Wildman–Crippen MR) is 163 cm³/mol. The van der Waals surface area contributed by atoms with Crippen LogP contribution in [0.5, 0.6) is 0 Å². The minimum absolute atomic E-state index is 0.120. The van der Waals surface area contributed by atoms with Gasteiger partial charge in [0.05, 0.1) is 5.60 Å². The molecule has 0 saturated heterocycles. The lowest BCUT2D eigenvalue weighted by molar-refractivity contribution is -0.132. The van der Waals surface area contributed by atoms with Crippen LogP contribution < -0.4 is 11.1 Å². The summed E-state index contributed by atoms with van der Waals surface area (Å²) in [5.41, 5.74) is 8.79. The summed E-state index contributed by atoms with van der Waals surface area (Å²) < 4.78 is 15.0. The van der Waals surface area contributed by atoms with Crippen LogP contribution in [0.1, 0.15) is 70.8 Å². The Bertz CT molecular complexity index is 1440. The van der Waals surface area contributed by atoms with Crippen LogP contribution >= 0.6 is 0 Å².